The average molecular weight is 1000 g/mol. The Labute approximate surface area is 422 Å². The molecule has 2 aromatic heterocycles. The van der Waals surface area contributed by atoms with E-state index < -0.39 is 29.5 Å². The number of piperazine rings is 1. The molecular formula is C55H62FN5O8S2. The third-order valence-corrected chi connectivity index (χ3v) is 15.4. The maximum atomic E-state index is 14.1. The Morgan fingerprint density at radius 3 is 2.27 bits per heavy atom. The Hall–Kier alpha value is -6.33. The molecule has 0 spiro atoms. The van der Waals surface area contributed by atoms with Gasteiger partial charge in [0.05, 0.1) is 11.0 Å². The lowest BCUT2D eigenvalue weighted by Crippen LogP contribution is -2.57. The number of aryl methyl sites for hydroxylation is 1. The number of carbonyl (C=O) groups excluding carboxylic acids is 4. The standard InChI is InChI=1S/C55H62FN5O8S2/c1-34-23-28-70-50(34)37-11-9-36(10-12-37)31-57-53(66)45-29-41(63)33-61(45)54(67)52(55(3,4)5)58-47(64)7-6-8-48(65)60-25-24-59(35(2)32-60)26-27-68-42-18-20-43(21-19-42)69-49-44-22-17-40(62)30-46(44)71-51(49)38-13-15-39(56)16-14-38/h9-23,28,30,35,41,45,52,62-63H,6-8,24-27,29,31-33H2,1-5H3,(H,57,66)(H,58,64)/t35-,41+,45-,52+/m0/s1. The number of aromatic hydroxyl groups is 1. The molecule has 13 nitrogen and oxygen atoms in total. The molecule has 6 aromatic rings. The minimum absolute atomic E-state index is 0.0160. The lowest BCUT2D eigenvalue weighted by Gasteiger charge is -2.39. The number of benzene rings is 4. The van der Waals surface area contributed by atoms with Crippen LogP contribution in [0.5, 0.6) is 23.0 Å². The summed E-state index contributed by atoms with van der Waals surface area (Å²) in [6.07, 6.45) is -0.226. The number of nitrogens with zero attached hydrogens (tertiary/aromatic N) is 3. The van der Waals surface area contributed by atoms with Crippen LogP contribution in [0.3, 0.4) is 0 Å². The molecule has 16 heteroatoms. The Balaban J connectivity index is 0.760. The Kier molecular flexibility index (Phi) is 16.1. The molecule has 374 valence electrons. The molecule has 2 fully saturated rings. The number of carbonyl (C=O) groups is 4. The van der Waals surface area contributed by atoms with Crippen molar-refractivity contribution in [2.45, 2.75) is 91.1 Å². The fraction of sp³-hybridized carbons (Fsp3) is 0.382. The second kappa shape index (κ2) is 22.4. The predicted octanol–water partition coefficient (Wildman–Crippen LogP) is 9.13. The summed E-state index contributed by atoms with van der Waals surface area (Å²) in [4.78, 5) is 61.9. The van der Waals surface area contributed by atoms with Gasteiger partial charge in [0.1, 0.15) is 41.8 Å². The first-order valence-corrected chi connectivity index (χ1v) is 25.8. The van der Waals surface area contributed by atoms with Gasteiger partial charge in [-0.05, 0) is 114 Å². The van der Waals surface area contributed by atoms with E-state index in [0.29, 0.717) is 56.5 Å². The quantitative estimate of drug-likeness (QED) is 0.0699. The highest BCUT2D eigenvalue weighted by molar-refractivity contribution is 7.22. The molecule has 4 heterocycles. The fourth-order valence-electron chi connectivity index (χ4n) is 9.17. The number of rotatable bonds is 17. The lowest BCUT2D eigenvalue weighted by atomic mass is 9.85. The summed E-state index contributed by atoms with van der Waals surface area (Å²) in [5.74, 6) is 0.543. The highest BCUT2D eigenvalue weighted by atomic mass is 32.1. The lowest BCUT2D eigenvalue weighted by molar-refractivity contribution is -0.144. The van der Waals surface area contributed by atoms with Gasteiger partial charge in [-0.2, -0.15) is 0 Å². The number of phenols is 1. The van der Waals surface area contributed by atoms with E-state index in [1.807, 2.05) is 80.3 Å². The van der Waals surface area contributed by atoms with E-state index >= 15 is 0 Å². The number of halogens is 1. The maximum absolute atomic E-state index is 14.1. The number of hydrogen-bond donors (Lipinski definition) is 4. The van der Waals surface area contributed by atoms with Gasteiger partial charge in [-0.25, -0.2) is 4.39 Å². The Morgan fingerprint density at radius 2 is 1.58 bits per heavy atom. The number of aliphatic hydroxyl groups is 1. The van der Waals surface area contributed by atoms with Crippen molar-refractivity contribution in [2.75, 3.05) is 39.3 Å². The predicted molar refractivity (Wildman–Crippen MR) is 276 cm³/mol. The third-order valence-electron chi connectivity index (χ3n) is 13.2. The molecule has 4 atom stereocenters. The van der Waals surface area contributed by atoms with Crippen LogP contribution in [-0.2, 0) is 25.7 Å². The van der Waals surface area contributed by atoms with Gasteiger partial charge >= 0.3 is 0 Å². The van der Waals surface area contributed by atoms with E-state index in [9.17, 15) is 33.8 Å². The molecule has 4 N–H and O–H groups in total. The topological polar surface area (TPSA) is 161 Å². The van der Waals surface area contributed by atoms with Gasteiger partial charge in [0.25, 0.3) is 0 Å². The fourth-order valence-corrected chi connectivity index (χ4v) is 11.3. The van der Waals surface area contributed by atoms with Crippen LogP contribution in [0.4, 0.5) is 4.39 Å². The highest BCUT2D eigenvalue weighted by Gasteiger charge is 2.44. The molecule has 0 bridgehead atoms. The molecule has 0 aliphatic carbocycles. The smallest absolute Gasteiger partial charge is 0.246 e. The van der Waals surface area contributed by atoms with Crippen molar-refractivity contribution in [1.82, 2.24) is 25.3 Å². The van der Waals surface area contributed by atoms with Crippen molar-refractivity contribution in [3.05, 3.63) is 119 Å². The highest BCUT2D eigenvalue weighted by Crippen LogP contribution is 2.47. The summed E-state index contributed by atoms with van der Waals surface area (Å²) < 4.78 is 27.1. The van der Waals surface area contributed by atoms with Crippen molar-refractivity contribution >= 4 is 56.4 Å². The minimum atomic E-state index is -0.954. The summed E-state index contributed by atoms with van der Waals surface area (Å²) in [6, 6.07) is 27.1. The molecule has 2 aliphatic heterocycles. The molecule has 0 saturated carbocycles. The van der Waals surface area contributed by atoms with E-state index in [0.717, 1.165) is 31.7 Å². The molecule has 2 saturated heterocycles. The average Bonchev–Trinajstić information content (AvgIpc) is 4.06. The van der Waals surface area contributed by atoms with Crippen LogP contribution >= 0.6 is 22.7 Å². The van der Waals surface area contributed by atoms with Crippen LogP contribution in [0.15, 0.2) is 102 Å². The van der Waals surface area contributed by atoms with Crippen molar-refractivity contribution in [2.24, 2.45) is 5.41 Å². The molecule has 0 unspecified atom stereocenters. The van der Waals surface area contributed by atoms with Crippen LogP contribution in [0.2, 0.25) is 0 Å². The van der Waals surface area contributed by atoms with Crippen LogP contribution in [0.1, 0.15) is 64.5 Å². The van der Waals surface area contributed by atoms with Crippen molar-refractivity contribution in [3.8, 4) is 43.9 Å². The summed E-state index contributed by atoms with van der Waals surface area (Å²) in [6.45, 7) is 12.8. The van der Waals surface area contributed by atoms with E-state index in [2.05, 4.69) is 40.8 Å². The summed E-state index contributed by atoms with van der Waals surface area (Å²) in [7, 11) is 0. The SMILES string of the molecule is Cc1ccsc1-c1ccc(CNC(=O)[C@@H]2C[C@@H](O)CN2C(=O)[C@@H](NC(=O)CCCC(=O)N2CCN(CCOc3ccc(Oc4c(-c5ccc(F)cc5)sc5cc(O)ccc45)cc3)[C@@H](C)C2)C(C)(C)C)cc1. The van der Waals surface area contributed by atoms with Gasteiger partial charge < -0.3 is 40.1 Å². The number of nitrogens with one attached hydrogen (secondary N) is 2. The monoisotopic (exact) mass is 1000 g/mol. The zero-order chi connectivity index (χ0) is 50.4. The number of phenolic OH excluding ortho intramolecular Hbond substituents is 1. The van der Waals surface area contributed by atoms with Gasteiger partial charge in [-0.1, -0.05) is 57.2 Å². The van der Waals surface area contributed by atoms with Gasteiger partial charge in [0, 0.05) is 79.5 Å². The Bertz CT molecular complexity index is 2830. The molecule has 4 aromatic carbocycles. The molecular weight excluding hydrogens is 942 g/mol. The number of aliphatic hydroxyl groups excluding tert-OH is 1. The van der Waals surface area contributed by atoms with Gasteiger partial charge in [-0.15, -0.1) is 22.7 Å². The number of β-amino-alcohol motifs (C(OH)–C–C–N with tert-alkyl or cyclic N) is 1. The largest absolute Gasteiger partial charge is 0.508 e. The first kappa shape index (κ1) is 51.0. The van der Waals surface area contributed by atoms with Crippen LogP contribution in [0.25, 0.3) is 31.0 Å². The van der Waals surface area contributed by atoms with Crippen LogP contribution in [-0.4, -0.2) is 112 Å². The number of likely N-dealkylation sites (tertiary alicyclic amines) is 1. The molecule has 2 aliphatic rings. The van der Waals surface area contributed by atoms with Gasteiger partial charge in [-0.3, -0.25) is 24.1 Å². The minimum Gasteiger partial charge on any atom is -0.508 e. The van der Waals surface area contributed by atoms with E-state index in [1.54, 1.807) is 35.6 Å². The normalized spacial score (nSPS) is 17.8. The third kappa shape index (κ3) is 12.6. The van der Waals surface area contributed by atoms with Crippen molar-refractivity contribution in [3.63, 3.8) is 0 Å². The first-order chi connectivity index (χ1) is 34.0. The number of amides is 4. The van der Waals surface area contributed by atoms with E-state index in [4.69, 9.17) is 9.47 Å². The summed E-state index contributed by atoms with van der Waals surface area (Å²) >= 11 is 3.14. The van der Waals surface area contributed by atoms with Crippen LogP contribution < -0.4 is 20.1 Å². The molecule has 0 radical (unpaired) electrons. The summed E-state index contributed by atoms with van der Waals surface area (Å²) in [5, 5.41) is 29.5. The maximum Gasteiger partial charge on any atom is 0.246 e. The summed E-state index contributed by atoms with van der Waals surface area (Å²) in [5.41, 5.74) is 3.33. The molecule has 4 amide bonds. The van der Waals surface area contributed by atoms with E-state index in [-0.39, 0.29) is 67.7 Å². The van der Waals surface area contributed by atoms with Gasteiger partial charge in [0.15, 0.2) is 5.75 Å². The van der Waals surface area contributed by atoms with E-state index in [1.165, 1.54) is 38.8 Å². The zero-order valence-electron chi connectivity index (χ0n) is 40.8. The zero-order valence-corrected chi connectivity index (χ0v) is 42.4. The number of hydrogen-bond acceptors (Lipinski definition) is 11. The first-order valence-electron chi connectivity index (χ1n) is 24.1. The van der Waals surface area contributed by atoms with Gasteiger partial charge in [0.2, 0.25) is 23.6 Å². The van der Waals surface area contributed by atoms with Crippen molar-refractivity contribution in [1.29, 1.82) is 0 Å². The molecule has 8 rings (SSSR count). The number of fused-ring (bicyclic) bond motifs is 1. The molecule has 71 heavy (non-hydrogen) atoms. The van der Waals surface area contributed by atoms with Crippen LogP contribution in [0, 0.1) is 18.2 Å². The Morgan fingerprint density at radius 1 is 0.873 bits per heavy atom. The number of ether oxygens (including phenoxy) is 2. The number of thiophene rings is 2. The van der Waals surface area contributed by atoms with Crippen molar-refractivity contribution < 1.29 is 43.3 Å². The second-order valence-electron chi connectivity index (χ2n) is 19.6. The second-order valence-corrected chi connectivity index (χ2v) is 21.5.